The molecule has 2 aromatic rings. The third-order valence-electron chi connectivity index (χ3n) is 3.04. The van der Waals surface area contributed by atoms with E-state index >= 15 is 0 Å². The zero-order chi connectivity index (χ0) is 17.6. The Hall–Kier alpha value is -2.39. The molecule has 0 spiro atoms. The Morgan fingerprint density at radius 2 is 1.78 bits per heavy atom. The molecule has 23 heavy (non-hydrogen) atoms. The molecule has 0 amide bonds. The molecule has 0 aliphatic rings. The smallest absolute Gasteiger partial charge is 0.423 e. The van der Waals surface area contributed by atoms with Crippen molar-refractivity contribution in [2.75, 3.05) is 0 Å². The van der Waals surface area contributed by atoms with Gasteiger partial charge in [-0.3, -0.25) is 9.36 Å². The Balaban J connectivity index is 2.52. The van der Waals surface area contributed by atoms with Crippen LogP contribution in [0.4, 0.5) is 13.2 Å². The van der Waals surface area contributed by atoms with E-state index in [-0.39, 0.29) is 11.8 Å². The number of aryl methyl sites for hydroxylation is 1. The highest BCUT2D eigenvalue weighted by Gasteiger charge is 2.36. The minimum absolute atomic E-state index is 0.117. The maximum absolute atomic E-state index is 12.9. The summed E-state index contributed by atoms with van der Waals surface area (Å²) in [5.41, 5.74) is -4.25. The lowest BCUT2D eigenvalue weighted by Gasteiger charge is -2.12. The van der Waals surface area contributed by atoms with Crippen LogP contribution in [0.15, 0.2) is 20.2 Å². The first-order valence-electron chi connectivity index (χ1n) is 6.62. The molecule has 0 N–H and O–H groups in total. The van der Waals surface area contributed by atoms with Gasteiger partial charge in [0.15, 0.2) is 0 Å². The predicted octanol–water partition coefficient (Wildman–Crippen LogP) is 1.29. The fourth-order valence-electron chi connectivity index (χ4n) is 1.82. The fraction of sp³-hybridized carbons (Fsp3) is 0.538. The lowest BCUT2D eigenvalue weighted by atomic mass is 9.97. The average Bonchev–Trinajstić information content (AvgIpc) is 2.86. The van der Waals surface area contributed by atoms with Crippen LogP contribution in [-0.2, 0) is 25.2 Å². The van der Waals surface area contributed by atoms with E-state index in [4.69, 9.17) is 4.42 Å². The molecule has 7 nitrogen and oxygen atoms in total. The van der Waals surface area contributed by atoms with E-state index in [0.717, 1.165) is 7.05 Å². The summed E-state index contributed by atoms with van der Waals surface area (Å²) in [6, 6.07) is 0. The van der Waals surface area contributed by atoms with Gasteiger partial charge in [-0.2, -0.15) is 13.2 Å². The predicted molar refractivity (Wildman–Crippen MR) is 73.0 cm³/mol. The van der Waals surface area contributed by atoms with Crippen LogP contribution in [0.2, 0.25) is 0 Å². The topological polar surface area (TPSA) is 82.9 Å². The highest BCUT2D eigenvalue weighted by Crippen LogP contribution is 2.25. The molecule has 0 saturated heterocycles. The first-order chi connectivity index (χ1) is 10.4. The van der Waals surface area contributed by atoms with Crippen LogP contribution in [0.25, 0.3) is 0 Å². The van der Waals surface area contributed by atoms with Crippen molar-refractivity contribution >= 4 is 0 Å². The number of rotatable bonds is 2. The van der Waals surface area contributed by atoms with Crippen molar-refractivity contribution in [2.24, 2.45) is 7.05 Å². The first kappa shape index (κ1) is 17.0. The summed E-state index contributed by atoms with van der Waals surface area (Å²) in [5, 5.41) is 7.45. The molecule has 0 unspecified atom stereocenters. The van der Waals surface area contributed by atoms with Crippen molar-refractivity contribution in [3.63, 3.8) is 0 Å². The Morgan fingerprint density at radius 1 is 1.17 bits per heavy atom. The van der Waals surface area contributed by atoms with E-state index in [2.05, 4.69) is 10.2 Å². The Labute approximate surface area is 128 Å². The highest BCUT2D eigenvalue weighted by atomic mass is 19.4. The molecule has 0 bridgehead atoms. The molecular formula is C13H15F3N4O3. The van der Waals surface area contributed by atoms with Crippen molar-refractivity contribution in [3.8, 4) is 0 Å². The molecule has 126 valence electrons. The van der Waals surface area contributed by atoms with Gasteiger partial charge in [0.25, 0.3) is 5.56 Å². The molecule has 0 atom stereocenters. The van der Waals surface area contributed by atoms with Crippen LogP contribution in [0.5, 0.6) is 0 Å². The van der Waals surface area contributed by atoms with Gasteiger partial charge in [0.05, 0.1) is 0 Å². The summed E-state index contributed by atoms with van der Waals surface area (Å²) in [7, 11) is 1.13. The Bertz CT molecular complexity index is 840. The van der Waals surface area contributed by atoms with Gasteiger partial charge in [0.1, 0.15) is 12.1 Å². The molecule has 10 heteroatoms. The molecule has 0 aromatic carbocycles. The maximum atomic E-state index is 12.9. The summed E-state index contributed by atoms with van der Waals surface area (Å²) < 4.78 is 45.0. The number of hydrogen-bond donors (Lipinski definition) is 0. The van der Waals surface area contributed by atoms with Gasteiger partial charge in [-0.25, -0.2) is 4.79 Å². The number of hydrogen-bond acceptors (Lipinski definition) is 5. The van der Waals surface area contributed by atoms with Crippen molar-refractivity contribution in [1.29, 1.82) is 0 Å². The van der Waals surface area contributed by atoms with Crippen LogP contribution in [0.1, 0.15) is 38.1 Å². The molecular weight excluding hydrogens is 317 g/mol. The fourth-order valence-corrected chi connectivity index (χ4v) is 1.82. The van der Waals surface area contributed by atoms with Gasteiger partial charge in [0, 0.05) is 18.7 Å². The number of aromatic nitrogens is 4. The SMILES string of the molecule is Cn1cc(C(F)(F)F)c(=O)n(Cc2nnc(C(C)(C)C)o2)c1=O. The van der Waals surface area contributed by atoms with E-state index in [0.29, 0.717) is 15.3 Å². The Morgan fingerprint density at radius 3 is 2.26 bits per heavy atom. The highest BCUT2D eigenvalue weighted by molar-refractivity contribution is 5.10. The lowest BCUT2D eigenvalue weighted by Crippen LogP contribution is -2.42. The number of alkyl halides is 3. The summed E-state index contributed by atoms with van der Waals surface area (Å²) in [4.78, 5) is 23.9. The van der Waals surface area contributed by atoms with E-state index in [9.17, 15) is 22.8 Å². The standard InChI is InChI=1S/C13H15F3N4O3/c1-12(2,3)10-18-17-8(23-10)6-20-9(21)7(13(14,15)16)5-19(4)11(20)22/h5H,6H2,1-4H3. The molecule has 0 fully saturated rings. The first-order valence-corrected chi connectivity index (χ1v) is 6.62. The molecule has 0 saturated carbocycles. The zero-order valence-electron chi connectivity index (χ0n) is 12.9. The molecule has 0 radical (unpaired) electrons. The van der Waals surface area contributed by atoms with E-state index in [1.807, 2.05) is 0 Å². The minimum atomic E-state index is -4.87. The maximum Gasteiger partial charge on any atom is 0.423 e. The minimum Gasteiger partial charge on any atom is -0.423 e. The molecule has 0 aliphatic heterocycles. The second-order valence-corrected chi connectivity index (χ2v) is 6.08. The van der Waals surface area contributed by atoms with Gasteiger partial charge in [-0.1, -0.05) is 20.8 Å². The largest absolute Gasteiger partial charge is 0.423 e. The van der Waals surface area contributed by atoms with Crippen LogP contribution in [0, 0.1) is 0 Å². The van der Waals surface area contributed by atoms with Crippen LogP contribution in [-0.4, -0.2) is 19.3 Å². The summed E-state index contributed by atoms with van der Waals surface area (Å²) in [6.07, 6.45) is -4.40. The zero-order valence-corrected chi connectivity index (χ0v) is 12.9. The van der Waals surface area contributed by atoms with Gasteiger partial charge < -0.3 is 8.98 Å². The molecule has 2 rings (SSSR count). The second-order valence-electron chi connectivity index (χ2n) is 6.08. The summed E-state index contributed by atoms with van der Waals surface area (Å²) in [5.74, 6) is 0.137. The monoisotopic (exact) mass is 332 g/mol. The number of halogens is 3. The van der Waals surface area contributed by atoms with Crippen molar-refractivity contribution < 1.29 is 17.6 Å². The third kappa shape index (κ3) is 3.35. The van der Waals surface area contributed by atoms with Gasteiger partial charge >= 0.3 is 11.9 Å². The quantitative estimate of drug-likeness (QED) is 0.828. The van der Waals surface area contributed by atoms with E-state index < -0.39 is 34.9 Å². The van der Waals surface area contributed by atoms with Crippen molar-refractivity contribution in [2.45, 2.75) is 38.9 Å². The van der Waals surface area contributed by atoms with Crippen molar-refractivity contribution in [3.05, 3.63) is 44.4 Å². The third-order valence-corrected chi connectivity index (χ3v) is 3.04. The molecule has 0 aliphatic carbocycles. The van der Waals surface area contributed by atoms with Gasteiger partial charge in [0.2, 0.25) is 11.8 Å². The normalized spacial score (nSPS) is 12.7. The molecule has 2 aromatic heterocycles. The Kier molecular flexibility index (Phi) is 3.95. The average molecular weight is 332 g/mol. The van der Waals surface area contributed by atoms with Crippen LogP contribution >= 0.6 is 0 Å². The van der Waals surface area contributed by atoms with E-state index in [1.54, 1.807) is 20.8 Å². The molecule has 2 heterocycles. The van der Waals surface area contributed by atoms with Crippen LogP contribution in [0.3, 0.4) is 0 Å². The summed E-state index contributed by atoms with van der Waals surface area (Å²) >= 11 is 0. The van der Waals surface area contributed by atoms with Crippen LogP contribution < -0.4 is 11.2 Å². The number of nitrogens with zero attached hydrogens (tertiary/aromatic N) is 4. The summed E-state index contributed by atoms with van der Waals surface area (Å²) in [6.45, 7) is 4.89. The van der Waals surface area contributed by atoms with E-state index in [1.165, 1.54) is 0 Å². The van der Waals surface area contributed by atoms with Crippen molar-refractivity contribution in [1.82, 2.24) is 19.3 Å². The lowest BCUT2D eigenvalue weighted by molar-refractivity contribution is -0.139. The van der Waals surface area contributed by atoms with Gasteiger partial charge in [-0.15, -0.1) is 10.2 Å². The van der Waals surface area contributed by atoms with Gasteiger partial charge in [-0.05, 0) is 0 Å². The second kappa shape index (κ2) is 5.36.